The van der Waals surface area contributed by atoms with E-state index >= 15 is 0 Å². The lowest BCUT2D eigenvalue weighted by atomic mass is 10.0. The van der Waals surface area contributed by atoms with Crippen LogP contribution in [0.15, 0.2) is 42.6 Å². The molecule has 1 fully saturated rings. The molecule has 0 aliphatic carbocycles. The van der Waals surface area contributed by atoms with Crippen molar-refractivity contribution in [2.24, 2.45) is 0 Å². The van der Waals surface area contributed by atoms with Crippen LogP contribution in [0.2, 0.25) is 0 Å². The highest BCUT2D eigenvalue weighted by Crippen LogP contribution is 2.29. The summed E-state index contributed by atoms with van der Waals surface area (Å²) in [5.74, 6) is 0.799. The zero-order chi connectivity index (χ0) is 16.5. The lowest BCUT2D eigenvalue weighted by molar-refractivity contribution is 0.573. The number of fused-ring (bicyclic) bond motifs is 1. The standard InChI is InChI=1S/C20H20FN3/c1-14-19(21)16-7-3-4-8-17(16)23-20(14)15-9-10-18(22-13-15)24-11-5-2-6-12-24/h3-4,7-10,13H,2,5-6,11-12H2,1H3. The Hall–Kier alpha value is -2.49. The molecule has 0 amide bonds. The van der Waals surface area contributed by atoms with Crippen LogP contribution in [0.4, 0.5) is 10.2 Å². The first-order valence-corrected chi connectivity index (χ1v) is 8.50. The Bertz CT molecular complexity index is 868. The average Bonchev–Trinajstić information content (AvgIpc) is 2.66. The van der Waals surface area contributed by atoms with E-state index < -0.39 is 0 Å². The molecular formula is C20H20FN3. The summed E-state index contributed by atoms with van der Waals surface area (Å²) in [7, 11) is 0. The fourth-order valence-corrected chi connectivity index (χ4v) is 3.38. The normalized spacial score (nSPS) is 15.0. The molecule has 4 rings (SSSR count). The predicted octanol–water partition coefficient (Wildman–Crippen LogP) is 4.73. The molecule has 0 spiro atoms. The quantitative estimate of drug-likeness (QED) is 0.683. The van der Waals surface area contributed by atoms with Gasteiger partial charge in [-0.2, -0.15) is 0 Å². The van der Waals surface area contributed by atoms with E-state index in [2.05, 4.69) is 14.9 Å². The maximum Gasteiger partial charge on any atom is 0.137 e. The molecule has 3 nitrogen and oxygen atoms in total. The number of pyridine rings is 2. The van der Waals surface area contributed by atoms with Crippen LogP contribution in [0.5, 0.6) is 0 Å². The lowest BCUT2D eigenvalue weighted by Crippen LogP contribution is -2.29. The van der Waals surface area contributed by atoms with Gasteiger partial charge in [-0.1, -0.05) is 12.1 Å². The Balaban J connectivity index is 1.73. The summed E-state index contributed by atoms with van der Waals surface area (Å²) >= 11 is 0. The van der Waals surface area contributed by atoms with Crippen LogP contribution in [-0.2, 0) is 0 Å². The first-order chi connectivity index (χ1) is 11.7. The average molecular weight is 321 g/mol. The number of nitrogens with zero attached hydrogens (tertiary/aromatic N) is 3. The molecule has 1 aliphatic heterocycles. The highest BCUT2D eigenvalue weighted by Gasteiger charge is 2.15. The number of hydrogen-bond acceptors (Lipinski definition) is 3. The summed E-state index contributed by atoms with van der Waals surface area (Å²) in [5.41, 5.74) is 2.78. The summed E-state index contributed by atoms with van der Waals surface area (Å²) in [6.07, 6.45) is 5.56. The molecule has 0 radical (unpaired) electrons. The largest absolute Gasteiger partial charge is 0.357 e. The number of anilines is 1. The van der Waals surface area contributed by atoms with Gasteiger partial charge in [-0.25, -0.2) is 14.4 Å². The van der Waals surface area contributed by atoms with Crippen molar-refractivity contribution in [2.75, 3.05) is 18.0 Å². The fraction of sp³-hybridized carbons (Fsp3) is 0.300. The second-order valence-electron chi connectivity index (χ2n) is 6.37. The molecular weight excluding hydrogens is 301 g/mol. The third-order valence-electron chi connectivity index (χ3n) is 4.76. The monoisotopic (exact) mass is 321 g/mol. The van der Waals surface area contributed by atoms with E-state index in [1.165, 1.54) is 19.3 Å². The van der Waals surface area contributed by atoms with Crippen LogP contribution in [0.25, 0.3) is 22.2 Å². The van der Waals surface area contributed by atoms with Crippen molar-refractivity contribution >= 4 is 16.7 Å². The van der Waals surface area contributed by atoms with E-state index in [1.807, 2.05) is 36.5 Å². The molecule has 2 aromatic heterocycles. The molecule has 3 aromatic rings. The number of aromatic nitrogens is 2. The van der Waals surface area contributed by atoms with Gasteiger partial charge in [-0.15, -0.1) is 0 Å². The van der Waals surface area contributed by atoms with E-state index in [0.29, 0.717) is 22.2 Å². The van der Waals surface area contributed by atoms with Crippen LogP contribution >= 0.6 is 0 Å². The van der Waals surface area contributed by atoms with Gasteiger partial charge in [0, 0.05) is 35.8 Å². The summed E-state index contributed by atoms with van der Waals surface area (Å²) in [4.78, 5) is 11.6. The van der Waals surface area contributed by atoms with Crippen molar-refractivity contribution in [3.8, 4) is 11.3 Å². The Kier molecular flexibility index (Phi) is 3.89. The van der Waals surface area contributed by atoms with E-state index in [0.717, 1.165) is 24.5 Å². The highest BCUT2D eigenvalue weighted by molar-refractivity contribution is 5.84. The summed E-state index contributed by atoms with van der Waals surface area (Å²) in [6, 6.07) is 11.4. The van der Waals surface area contributed by atoms with Gasteiger partial charge in [0.15, 0.2) is 0 Å². The van der Waals surface area contributed by atoms with E-state index in [1.54, 1.807) is 13.0 Å². The maximum absolute atomic E-state index is 14.6. The first-order valence-electron chi connectivity index (χ1n) is 8.50. The smallest absolute Gasteiger partial charge is 0.137 e. The molecule has 0 unspecified atom stereocenters. The summed E-state index contributed by atoms with van der Waals surface area (Å²) in [6.45, 7) is 3.91. The second-order valence-corrected chi connectivity index (χ2v) is 6.37. The van der Waals surface area contributed by atoms with E-state index in [9.17, 15) is 4.39 Å². The van der Waals surface area contributed by atoms with Crippen molar-refractivity contribution in [1.29, 1.82) is 0 Å². The molecule has 24 heavy (non-hydrogen) atoms. The molecule has 1 saturated heterocycles. The van der Waals surface area contributed by atoms with Crippen molar-refractivity contribution in [1.82, 2.24) is 9.97 Å². The second kappa shape index (κ2) is 6.19. The molecule has 0 saturated carbocycles. The number of para-hydroxylation sites is 1. The third-order valence-corrected chi connectivity index (χ3v) is 4.76. The minimum absolute atomic E-state index is 0.198. The van der Waals surface area contributed by atoms with Gasteiger partial charge in [0.1, 0.15) is 11.6 Å². The Morgan fingerprint density at radius 2 is 1.79 bits per heavy atom. The van der Waals surface area contributed by atoms with Gasteiger partial charge in [-0.3, -0.25) is 0 Å². The van der Waals surface area contributed by atoms with Crippen LogP contribution in [-0.4, -0.2) is 23.1 Å². The van der Waals surface area contributed by atoms with Gasteiger partial charge in [0.25, 0.3) is 0 Å². The van der Waals surface area contributed by atoms with Crippen LogP contribution in [0.3, 0.4) is 0 Å². The molecule has 122 valence electrons. The van der Waals surface area contributed by atoms with Crippen molar-refractivity contribution in [2.45, 2.75) is 26.2 Å². The molecule has 1 aliphatic rings. The van der Waals surface area contributed by atoms with Crippen molar-refractivity contribution in [3.05, 3.63) is 54.0 Å². The van der Waals surface area contributed by atoms with Gasteiger partial charge in [0.2, 0.25) is 0 Å². The predicted molar refractivity (Wildman–Crippen MR) is 95.7 cm³/mol. The SMILES string of the molecule is Cc1c(-c2ccc(N3CCCCC3)nc2)nc2ccccc2c1F. The summed E-state index contributed by atoms with van der Waals surface area (Å²) in [5, 5.41) is 0.566. The number of rotatable bonds is 2. The van der Waals surface area contributed by atoms with Gasteiger partial charge < -0.3 is 4.90 Å². The number of hydrogen-bond donors (Lipinski definition) is 0. The topological polar surface area (TPSA) is 29.0 Å². The summed E-state index contributed by atoms with van der Waals surface area (Å²) < 4.78 is 14.6. The molecule has 0 bridgehead atoms. The third kappa shape index (κ3) is 2.62. The number of halogens is 1. The zero-order valence-corrected chi connectivity index (χ0v) is 13.8. The minimum Gasteiger partial charge on any atom is -0.357 e. The minimum atomic E-state index is -0.198. The van der Waals surface area contributed by atoms with E-state index in [4.69, 9.17) is 0 Å². The van der Waals surface area contributed by atoms with Crippen molar-refractivity contribution < 1.29 is 4.39 Å². The van der Waals surface area contributed by atoms with Gasteiger partial charge in [-0.05, 0) is 50.5 Å². The number of piperidine rings is 1. The zero-order valence-electron chi connectivity index (χ0n) is 13.8. The molecule has 0 atom stereocenters. The first kappa shape index (κ1) is 15.1. The number of benzene rings is 1. The van der Waals surface area contributed by atoms with Crippen molar-refractivity contribution in [3.63, 3.8) is 0 Å². The highest BCUT2D eigenvalue weighted by atomic mass is 19.1. The van der Waals surface area contributed by atoms with Gasteiger partial charge >= 0.3 is 0 Å². The van der Waals surface area contributed by atoms with Crippen LogP contribution in [0, 0.1) is 12.7 Å². The Morgan fingerprint density at radius 3 is 2.54 bits per heavy atom. The Labute approximate surface area is 141 Å². The Morgan fingerprint density at radius 1 is 1.00 bits per heavy atom. The molecule has 4 heteroatoms. The van der Waals surface area contributed by atoms with E-state index in [-0.39, 0.29) is 5.82 Å². The molecule has 0 N–H and O–H groups in total. The van der Waals surface area contributed by atoms with Gasteiger partial charge in [0.05, 0.1) is 11.2 Å². The molecule has 1 aromatic carbocycles. The fourth-order valence-electron chi connectivity index (χ4n) is 3.38. The maximum atomic E-state index is 14.6. The van der Waals surface area contributed by atoms with Crippen LogP contribution in [0.1, 0.15) is 24.8 Å². The molecule has 3 heterocycles. The lowest BCUT2D eigenvalue weighted by Gasteiger charge is -2.27. The van der Waals surface area contributed by atoms with Crippen LogP contribution < -0.4 is 4.90 Å².